The summed E-state index contributed by atoms with van der Waals surface area (Å²) in [5.41, 5.74) is 0.636. The van der Waals surface area contributed by atoms with Crippen molar-refractivity contribution in [3.05, 3.63) is 17.6 Å². The van der Waals surface area contributed by atoms with Gasteiger partial charge in [0, 0.05) is 19.0 Å². The second-order valence-corrected chi connectivity index (χ2v) is 4.15. The van der Waals surface area contributed by atoms with Crippen molar-refractivity contribution in [2.24, 2.45) is 0 Å². The summed E-state index contributed by atoms with van der Waals surface area (Å²) in [5.74, 6) is 6.95. The summed E-state index contributed by atoms with van der Waals surface area (Å²) in [5, 5.41) is 11.9. The van der Waals surface area contributed by atoms with Crippen molar-refractivity contribution in [1.29, 1.82) is 0 Å². The second-order valence-electron chi connectivity index (χ2n) is 4.15. The smallest absolute Gasteiger partial charge is 0.218 e. The number of aromatic nitrogens is 2. The highest BCUT2D eigenvalue weighted by Gasteiger charge is 2.16. The predicted octanol–water partition coefficient (Wildman–Crippen LogP) is 0.260. The summed E-state index contributed by atoms with van der Waals surface area (Å²) in [4.78, 5) is 8.47. The van der Waals surface area contributed by atoms with Gasteiger partial charge in [0.2, 0.25) is 5.88 Å². The Morgan fingerprint density at radius 3 is 3.17 bits per heavy atom. The molecule has 0 aliphatic carbocycles. The monoisotopic (exact) mass is 247 g/mol. The lowest BCUT2D eigenvalue weighted by Gasteiger charge is -2.11. The molecule has 0 saturated carbocycles. The van der Waals surface area contributed by atoms with E-state index in [0.29, 0.717) is 23.8 Å². The number of aliphatic hydroxyl groups excluding tert-OH is 1. The fraction of sp³-hybridized carbons (Fsp3) is 0.538. The van der Waals surface area contributed by atoms with Crippen molar-refractivity contribution >= 4 is 0 Å². The van der Waals surface area contributed by atoms with E-state index < -0.39 is 0 Å². The largest absolute Gasteiger partial charge is 0.473 e. The normalized spacial score (nSPS) is 18.2. The highest BCUT2D eigenvalue weighted by atomic mass is 16.5. The number of nitrogens with one attached hydrogen (secondary N) is 1. The average molecular weight is 247 g/mol. The van der Waals surface area contributed by atoms with Gasteiger partial charge in [0.05, 0.1) is 6.61 Å². The highest BCUT2D eigenvalue weighted by molar-refractivity contribution is 5.31. The number of hydrogen-bond donors (Lipinski definition) is 2. The average Bonchev–Trinajstić information content (AvgIpc) is 2.81. The Hall–Kier alpha value is -1.64. The van der Waals surface area contributed by atoms with Crippen molar-refractivity contribution in [2.75, 3.05) is 19.7 Å². The van der Waals surface area contributed by atoms with E-state index in [2.05, 4.69) is 27.1 Å². The first-order chi connectivity index (χ1) is 8.78. The van der Waals surface area contributed by atoms with Crippen LogP contribution in [0, 0.1) is 18.8 Å². The second kappa shape index (κ2) is 6.34. The van der Waals surface area contributed by atoms with E-state index in [9.17, 15) is 0 Å². The number of ether oxygens (including phenoxy) is 1. The predicted molar refractivity (Wildman–Crippen MR) is 67.3 cm³/mol. The lowest BCUT2D eigenvalue weighted by Crippen LogP contribution is -2.20. The lowest BCUT2D eigenvalue weighted by molar-refractivity contribution is 0.213. The fourth-order valence-corrected chi connectivity index (χ4v) is 1.77. The minimum atomic E-state index is 0.0637. The van der Waals surface area contributed by atoms with Crippen LogP contribution < -0.4 is 10.1 Å². The number of aliphatic hydroxyl groups is 1. The molecule has 1 aromatic rings. The lowest BCUT2D eigenvalue weighted by atomic mass is 10.3. The zero-order valence-electron chi connectivity index (χ0n) is 10.4. The topological polar surface area (TPSA) is 67.3 Å². The van der Waals surface area contributed by atoms with Crippen LogP contribution in [-0.2, 0) is 0 Å². The van der Waals surface area contributed by atoms with Gasteiger partial charge >= 0.3 is 0 Å². The molecule has 1 atom stereocenters. The summed E-state index contributed by atoms with van der Waals surface area (Å²) in [6, 6.07) is 1.75. The maximum Gasteiger partial charge on any atom is 0.218 e. The van der Waals surface area contributed by atoms with Crippen LogP contribution >= 0.6 is 0 Å². The van der Waals surface area contributed by atoms with Gasteiger partial charge in [0.25, 0.3) is 0 Å². The van der Waals surface area contributed by atoms with Crippen LogP contribution in [-0.4, -0.2) is 40.9 Å². The molecule has 1 aromatic heterocycles. The van der Waals surface area contributed by atoms with Gasteiger partial charge in [-0.1, -0.05) is 5.92 Å². The van der Waals surface area contributed by atoms with Gasteiger partial charge in [-0.25, -0.2) is 4.98 Å². The summed E-state index contributed by atoms with van der Waals surface area (Å²) in [7, 11) is 0. The van der Waals surface area contributed by atoms with E-state index in [-0.39, 0.29) is 12.7 Å². The Morgan fingerprint density at radius 1 is 1.56 bits per heavy atom. The Balaban J connectivity index is 2.08. The summed E-state index contributed by atoms with van der Waals surface area (Å²) in [6.07, 6.45) is 1.62. The van der Waals surface area contributed by atoms with Crippen molar-refractivity contribution in [1.82, 2.24) is 15.3 Å². The molecule has 96 valence electrons. The first-order valence-corrected chi connectivity index (χ1v) is 6.10. The van der Waals surface area contributed by atoms with Gasteiger partial charge in [0.1, 0.15) is 17.6 Å². The molecule has 1 aliphatic rings. The molecule has 18 heavy (non-hydrogen) atoms. The van der Waals surface area contributed by atoms with Gasteiger partial charge in [-0.15, -0.1) is 0 Å². The van der Waals surface area contributed by atoms with E-state index in [1.807, 2.05) is 6.92 Å². The summed E-state index contributed by atoms with van der Waals surface area (Å²) < 4.78 is 5.77. The fourth-order valence-electron chi connectivity index (χ4n) is 1.77. The van der Waals surface area contributed by atoms with Crippen LogP contribution in [0.2, 0.25) is 0 Å². The van der Waals surface area contributed by atoms with Gasteiger partial charge in [-0.3, -0.25) is 0 Å². The zero-order chi connectivity index (χ0) is 12.8. The van der Waals surface area contributed by atoms with Crippen LogP contribution in [0.1, 0.15) is 24.4 Å². The third kappa shape index (κ3) is 3.69. The SMILES string of the molecule is Cc1nc(C#CCCO)cc(OC2CCNC2)n1. The van der Waals surface area contributed by atoms with Crippen LogP contribution in [0.5, 0.6) is 5.88 Å². The quantitative estimate of drug-likeness (QED) is 0.750. The maximum atomic E-state index is 8.68. The number of nitrogens with zero attached hydrogens (tertiary/aromatic N) is 2. The molecule has 0 bridgehead atoms. The third-order valence-electron chi connectivity index (χ3n) is 2.57. The molecule has 1 unspecified atom stereocenters. The molecule has 2 heterocycles. The van der Waals surface area contributed by atoms with Crippen molar-refractivity contribution in [3.63, 3.8) is 0 Å². The third-order valence-corrected chi connectivity index (χ3v) is 2.57. The summed E-state index contributed by atoms with van der Waals surface area (Å²) >= 11 is 0. The first kappa shape index (κ1) is 12.8. The molecule has 0 aromatic carbocycles. The molecule has 0 amide bonds. The van der Waals surface area contributed by atoms with E-state index in [1.54, 1.807) is 6.07 Å². The van der Waals surface area contributed by atoms with E-state index >= 15 is 0 Å². The minimum Gasteiger partial charge on any atom is -0.473 e. The molecular weight excluding hydrogens is 230 g/mol. The highest BCUT2D eigenvalue weighted by Crippen LogP contribution is 2.13. The Kier molecular flexibility index (Phi) is 4.51. The molecule has 2 rings (SSSR count). The van der Waals surface area contributed by atoms with Gasteiger partial charge in [-0.05, 0) is 25.8 Å². The number of aryl methyl sites for hydroxylation is 1. The van der Waals surface area contributed by atoms with Gasteiger partial charge in [-0.2, -0.15) is 4.98 Å². The standard InChI is InChI=1S/C13H17N3O2/c1-10-15-11(4-2-3-7-17)8-13(16-10)18-12-5-6-14-9-12/h8,12,14,17H,3,5-7,9H2,1H3. The maximum absolute atomic E-state index is 8.68. The molecule has 1 saturated heterocycles. The van der Waals surface area contributed by atoms with E-state index in [1.165, 1.54) is 0 Å². The summed E-state index contributed by atoms with van der Waals surface area (Å²) in [6.45, 7) is 3.72. The molecule has 0 spiro atoms. The van der Waals surface area contributed by atoms with Crippen molar-refractivity contribution < 1.29 is 9.84 Å². The first-order valence-electron chi connectivity index (χ1n) is 6.10. The van der Waals surface area contributed by atoms with Crippen molar-refractivity contribution in [3.8, 4) is 17.7 Å². The molecule has 1 aliphatic heterocycles. The number of rotatable bonds is 3. The molecular formula is C13H17N3O2. The Labute approximate surface area is 107 Å². The van der Waals surface area contributed by atoms with Crippen LogP contribution in [0.25, 0.3) is 0 Å². The molecule has 2 N–H and O–H groups in total. The van der Waals surface area contributed by atoms with Crippen molar-refractivity contribution in [2.45, 2.75) is 25.9 Å². The molecule has 5 nitrogen and oxygen atoms in total. The Morgan fingerprint density at radius 2 is 2.44 bits per heavy atom. The molecule has 1 fully saturated rings. The molecule has 5 heteroatoms. The zero-order valence-corrected chi connectivity index (χ0v) is 10.4. The molecule has 0 radical (unpaired) electrons. The van der Waals surface area contributed by atoms with Gasteiger partial charge < -0.3 is 15.2 Å². The van der Waals surface area contributed by atoms with E-state index in [0.717, 1.165) is 19.5 Å². The van der Waals surface area contributed by atoms with Crippen LogP contribution in [0.4, 0.5) is 0 Å². The Bertz CT molecular complexity index is 459. The van der Waals surface area contributed by atoms with Crippen LogP contribution in [0.3, 0.4) is 0 Å². The van der Waals surface area contributed by atoms with Gasteiger partial charge in [0.15, 0.2) is 0 Å². The van der Waals surface area contributed by atoms with E-state index in [4.69, 9.17) is 9.84 Å². The minimum absolute atomic E-state index is 0.0637. The number of hydrogen-bond acceptors (Lipinski definition) is 5. The van der Waals surface area contributed by atoms with Crippen LogP contribution in [0.15, 0.2) is 6.07 Å².